The number of hydrogen-bond acceptors (Lipinski definition) is 2. The molecule has 74 valence electrons. The van der Waals surface area contributed by atoms with Gasteiger partial charge in [-0.2, -0.15) is 0 Å². The van der Waals surface area contributed by atoms with E-state index in [1.807, 2.05) is 18.2 Å². The molecule has 1 aromatic heterocycles. The summed E-state index contributed by atoms with van der Waals surface area (Å²) in [5.41, 5.74) is 2.56. The number of fused-ring (bicyclic) bond motifs is 1. The summed E-state index contributed by atoms with van der Waals surface area (Å²) >= 11 is 5.50. The molecule has 0 aliphatic rings. The van der Waals surface area contributed by atoms with Crippen molar-refractivity contribution in [2.45, 2.75) is 6.54 Å². The third-order valence-electron chi connectivity index (χ3n) is 2.00. The molecule has 0 unspecified atom stereocenters. The minimum absolute atomic E-state index is 0.178. The normalized spacial score (nSPS) is 10.9. The van der Waals surface area contributed by atoms with Crippen molar-refractivity contribution < 1.29 is 0 Å². The van der Waals surface area contributed by atoms with Crippen LogP contribution < -0.4 is 11.0 Å². The Hall–Kier alpha value is -1.26. The second-order valence-corrected chi connectivity index (χ2v) is 3.29. The van der Waals surface area contributed by atoms with Crippen LogP contribution in [0.15, 0.2) is 23.0 Å². The van der Waals surface area contributed by atoms with Gasteiger partial charge in [0.25, 0.3) is 0 Å². The van der Waals surface area contributed by atoms with Crippen molar-refractivity contribution in [2.24, 2.45) is 0 Å². The smallest absolute Gasteiger partial charge is 0.306 e. The Morgan fingerprint density at radius 2 is 2.07 bits per heavy atom. The van der Waals surface area contributed by atoms with Crippen molar-refractivity contribution in [1.29, 1.82) is 0 Å². The lowest BCUT2D eigenvalue weighted by Gasteiger charge is -2.00. The molecule has 0 amide bonds. The van der Waals surface area contributed by atoms with Gasteiger partial charge in [0.2, 0.25) is 0 Å². The zero-order valence-corrected chi connectivity index (χ0v) is 8.19. The largest absolute Gasteiger partial charge is 0.323 e. The van der Waals surface area contributed by atoms with E-state index in [1.165, 1.54) is 0 Å². The van der Waals surface area contributed by atoms with Crippen LogP contribution in [0.5, 0.6) is 0 Å². The lowest BCUT2D eigenvalue weighted by Crippen LogP contribution is -2.09. The van der Waals surface area contributed by atoms with Gasteiger partial charge in [-0.25, -0.2) is 4.79 Å². The maximum Gasteiger partial charge on any atom is 0.323 e. The van der Waals surface area contributed by atoms with Crippen LogP contribution in [-0.2, 0) is 6.54 Å². The minimum atomic E-state index is -0.178. The highest BCUT2D eigenvalue weighted by Crippen LogP contribution is 2.09. The molecule has 0 fully saturated rings. The van der Waals surface area contributed by atoms with Gasteiger partial charge in [-0.3, -0.25) is 5.32 Å². The molecule has 14 heavy (non-hydrogen) atoms. The summed E-state index contributed by atoms with van der Waals surface area (Å²) < 4.78 is 0. The van der Waals surface area contributed by atoms with E-state index in [2.05, 4.69) is 15.3 Å². The molecule has 1 aromatic carbocycles. The molecule has 0 saturated heterocycles. The van der Waals surface area contributed by atoms with Gasteiger partial charge in [0, 0.05) is 6.54 Å². The van der Waals surface area contributed by atoms with Crippen LogP contribution in [0.25, 0.3) is 11.0 Å². The number of nitrogens with one attached hydrogen (secondary N) is 3. The van der Waals surface area contributed by atoms with Crippen molar-refractivity contribution in [3.8, 4) is 0 Å². The Morgan fingerprint density at radius 1 is 1.29 bits per heavy atom. The Bertz CT molecular complexity index is 488. The number of hydrogen-bond donors (Lipinski definition) is 3. The Balaban J connectivity index is 2.35. The molecule has 4 nitrogen and oxygen atoms in total. The van der Waals surface area contributed by atoms with Crippen LogP contribution >= 0.6 is 11.6 Å². The number of benzene rings is 1. The number of H-pyrrole nitrogens is 2. The van der Waals surface area contributed by atoms with E-state index >= 15 is 0 Å². The fraction of sp³-hybridized carbons (Fsp3) is 0.222. The highest BCUT2D eigenvalue weighted by atomic mass is 35.5. The van der Waals surface area contributed by atoms with Crippen LogP contribution in [0.4, 0.5) is 0 Å². The molecular weight excluding hydrogens is 202 g/mol. The quantitative estimate of drug-likeness (QED) is 0.527. The first-order valence-corrected chi connectivity index (χ1v) is 4.80. The third-order valence-corrected chi connectivity index (χ3v) is 2.19. The summed E-state index contributed by atoms with van der Waals surface area (Å²) in [6.45, 7) is 0.701. The maximum absolute atomic E-state index is 11.0. The number of rotatable bonds is 3. The molecule has 0 atom stereocenters. The van der Waals surface area contributed by atoms with E-state index in [0.717, 1.165) is 16.6 Å². The number of aromatic amines is 2. The van der Waals surface area contributed by atoms with Gasteiger partial charge in [0.15, 0.2) is 0 Å². The fourth-order valence-electron chi connectivity index (χ4n) is 1.38. The molecular formula is C9H10ClN3O. The zero-order chi connectivity index (χ0) is 9.97. The van der Waals surface area contributed by atoms with E-state index < -0.39 is 0 Å². The molecule has 3 N–H and O–H groups in total. The second kappa shape index (κ2) is 3.86. The van der Waals surface area contributed by atoms with Crippen LogP contribution in [0.3, 0.4) is 0 Å². The molecule has 0 radical (unpaired) electrons. The van der Waals surface area contributed by atoms with Gasteiger partial charge in [-0.1, -0.05) is 6.07 Å². The number of halogens is 1. The molecule has 2 aromatic rings. The van der Waals surface area contributed by atoms with Gasteiger partial charge in [-0.05, 0) is 17.7 Å². The van der Waals surface area contributed by atoms with Crippen molar-refractivity contribution in [3.05, 3.63) is 34.2 Å². The first kappa shape index (κ1) is 9.30. The fourth-order valence-corrected chi connectivity index (χ4v) is 1.48. The van der Waals surface area contributed by atoms with E-state index in [0.29, 0.717) is 12.5 Å². The lowest BCUT2D eigenvalue weighted by atomic mass is 10.2. The van der Waals surface area contributed by atoms with Crippen molar-refractivity contribution in [3.63, 3.8) is 0 Å². The minimum Gasteiger partial charge on any atom is -0.306 e. The van der Waals surface area contributed by atoms with Gasteiger partial charge < -0.3 is 9.97 Å². The molecule has 1 heterocycles. The second-order valence-electron chi connectivity index (χ2n) is 3.02. The summed E-state index contributed by atoms with van der Waals surface area (Å²) in [6.07, 6.45) is 0. The van der Waals surface area contributed by atoms with Gasteiger partial charge in [0.1, 0.15) is 0 Å². The Labute approximate surface area is 85.3 Å². The zero-order valence-electron chi connectivity index (χ0n) is 7.43. The monoisotopic (exact) mass is 211 g/mol. The van der Waals surface area contributed by atoms with E-state index in [4.69, 9.17) is 11.6 Å². The summed E-state index contributed by atoms with van der Waals surface area (Å²) in [6, 6.07) is 6.17. The Kier molecular flexibility index (Phi) is 2.56. The van der Waals surface area contributed by atoms with Crippen LogP contribution in [0.2, 0.25) is 0 Å². The number of aromatic nitrogens is 2. The lowest BCUT2D eigenvalue weighted by molar-refractivity contribution is 0.792. The summed E-state index contributed by atoms with van der Waals surface area (Å²) in [7, 11) is 0. The Morgan fingerprint density at radius 3 is 2.86 bits per heavy atom. The van der Waals surface area contributed by atoms with Crippen LogP contribution in [0.1, 0.15) is 5.56 Å². The van der Waals surface area contributed by atoms with E-state index in [-0.39, 0.29) is 5.69 Å². The highest BCUT2D eigenvalue weighted by Gasteiger charge is 1.98. The molecule has 0 aliphatic heterocycles. The first-order chi connectivity index (χ1) is 6.79. The predicted molar refractivity (Wildman–Crippen MR) is 56.5 cm³/mol. The summed E-state index contributed by atoms with van der Waals surface area (Å²) in [4.78, 5) is 16.4. The highest BCUT2D eigenvalue weighted by molar-refractivity contribution is 6.17. The molecule has 5 heteroatoms. The number of imidazole rings is 1. The van der Waals surface area contributed by atoms with Crippen molar-refractivity contribution in [2.75, 3.05) is 6.00 Å². The SMILES string of the molecule is O=c1[nH]c2ccc(CNCCl)cc2[nH]1. The number of alkyl halides is 1. The van der Waals surface area contributed by atoms with Gasteiger partial charge in [-0.15, -0.1) is 11.6 Å². The maximum atomic E-state index is 11.0. The standard InChI is InChI=1S/C9H10ClN3O/c10-5-11-4-6-1-2-7-8(3-6)13-9(14)12-7/h1-3,11H,4-5H2,(H2,12,13,14). The van der Waals surface area contributed by atoms with Crippen LogP contribution in [0, 0.1) is 0 Å². The molecule has 2 rings (SSSR count). The topological polar surface area (TPSA) is 60.7 Å². The average molecular weight is 212 g/mol. The third kappa shape index (κ3) is 1.81. The molecule has 0 spiro atoms. The van der Waals surface area contributed by atoms with Gasteiger partial charge >= 0.3 is 5.69 Å². The molecule has 0 aliphatic carbocycles. The predicted octanol–water partition coefficient (Wildman–Crippen LogP) is 1.14. The van der Waals surface area contributed by atoms with E-state index in [1.54, 1.807) is 0 Å². The average Bonchev–Trinajstić information content (AvgIpc) is 2.54. The van der Waals surface area contributed by atoms with Crippen LogP contribution in [-0.4, -0.2) is 16.0 Å². The summed E-state index contributed by atoms with van der Waals surface area (Å²) in [5.74, 6) is 0. The van der Waals surface area contributed by atoms with Gasteiger partial charge in [0.05, 0.1) is 17.0 Å². The van der Waals surface area contributed by atoms with Crippen molar-refractivity contribution >= 4 is 22.6 Å². The molecule has 0 bridgehead atoms. The molecule has 0 saturated carbocycles. The first-order valence-electron chi connectivity index (χ1n) is 4.27. The van der Waals surface area contributed by atoms with Crippen molar-refractivity contribution in [1.82, 2.24) is 15.3 Å². The summed E-state index contributed by atoms with van der Waals surface area (Å²) in [5, 5.41) is 3.00. The van der Waals surface area contributed by atoms with E-state index in [9.17, 15) is 4.79 Å².